The Hall–Kier alpha value is -4.20. The molecule has 0 unspecified atom stereocenters. The first-order valence-electron chi connectivity index (χ1n) is 10.6. The second-order valence-electron chi connectivity index (χ2n) is 7.79. The van der Waals surface area contributed by atoms with Crippen LogP contribution in [0.1, 0.15) is 22.5 Å². The van der Waals surface area contributed by atoms with E-state index in [1.807, 2.05) is 88.4 Å². The van der Waals surface area contributed by atoms with E-state index in [1.54, 1.807) is 4.68 Å². The molecule has 168 valence electrons. The minimum absolute atomic E-state index is 0.0540. The molecule has 1 amide bonds. The number of carbonyl (C=O) groups is 1. The summed E-state index contributed by atoms with van der Waals surface area (Å²) < 4.78 is 7.38. The zero-order valence-electron chi connectivity index (χ0n) is 19.1. The molecule has 0 saturated heterocycles. The second kappa shape index (κ2) is 9.52. The number of nitrogens with one attached hydrogen (secondary N) is 2. The molecule has 0 radical (unpaired) electrons. The lowest BCUT2D eigenvalue weighted by molar-refractivity contribution is -0.118. The van der Waals surface area contributed by atoms with E-state index in [9.17, 15) is 4.79 Å². The molecule has 0 aliphatic heterocycles. The molecule has 4 rings (SSSR count). The van der Waals surface area contributed by atoms with Crippen molar-refractivity contribution in [1.82, 2.24) is 20.0 Å². The van der Waals surface area contributed by atoms with Gasteiger partial charge < -0.3 is 15.4 Å². The average Bonchev–Trinajstić information content (AvgIpc) is 3.07. The van der Waals surface area contributed by atoms with Gasteiger partial charge in [-0.25, -0.2) is 4.68 Å². The van der Waals surface area contributed by atoms with Gasteiger partial charge in [0.25, 0.3) is 5.91 Å². The van der Waals surface area contributed by atoms with Gasteiger partial charge in [-0.3, -0.25) is 4.79 Å². The van der Waals surface area contributed by atoms with E-state index in [1.165, 1.54) is 0 Å². The number of nitrogens with zero attached hydrogens (tertiary/aromatic N) is 4. The van der Waals surface area contributed by atoms with E-state index in [0.717, 1.165) is 28.2 Å². The first-order chi connectivity index (χ1) is 15.9. The Morgan fingerprint density at radius 1 is 0.909 bits per heavy atom. The molecule has 4 aromatic rings. The smallest absolute Gasteiger partial charge is 0.262 e. The standard InChI is InChI=1S/C25H26N6O2/c1-16-7-5-6-8-22(16)33-15-25(32)27-21-11-9-20(10-12-21)26-23-13-14-24(29-28-23)31-19(4)17(2)18(3)30-31/h5-14H,15H2,1-4H3,(H,26,28)(H,27,32). The highest BCUT2D eigenvalue weighted by Gasteiger charge is 2.10. The van der Waals surface area contributed by atoms with Crippen LogP contribution in [0.2, 0.25) is 0 Å². The molecule has 8 heteroatoms. The third kappa shape index (κ3) is 5.17. The lowest BCUT2D eigenvalue weighted by Crippen LogP contribution is -2.20. The van der Waals surface area contributed by atoms with Crippen LogP contribution >= 0.6 is 0 Å². The van der Waals surface area contributed by atoms with E-state index in [4.69, 9.17) is 4.74 Å². The number of aryl methyl sites for hydroxylation is 2. The van der Waals surface area contributed by atoms with Crippen LogP contribution in [0.15, 0.2) is 60.7 Å². The summed E-state index contributed by atoms with van der Waals surface area (Å²) in [6.07, 6.45) is 0. The van der Waals surface area contributed by atoms with Crippen LogP contribution < -0.4 is 15.4 Å². The number of amides is 1. The van der Waals surface area contributed by atoms with Gasteiger partial charge in [0.1, 0.15) is 5.75 Å². The van der Waals surface area contributed by atoms with Gasteiger partial charge in [0.15, 0.2) is 18.2 Å². The maximum absolute atomic E-state index is 12.2. The summed E-state index contributed by atoms with van der Waals surface area (Å²) in [6, 6.07) is 18.7. The van der Waals surface area contributed by atoms with Crippen LogP contribution in [0.25, 0.3) is 5.82 Å². The Bertz CT molecular complexity index is 1260. The minimum atomic E-state index is -0.222. The highest BCUT2D eigenvalue weighted by Crippen LogP contribution is 2.20. The first-order valence-corrected chi connectivity index (χ1v) is 10.6. The average molecular weight is 443 g/mol. The number of anilines is 3. The lowest BCUT2D eigenvalue weighted by Gasteiger charge is -2.10. The largest absolute Gasteiger partial charge is 0.483 e. The number of carbonyl (C=O) groups excluding carboxylic acids is 1. The molecule has 0 atom stereocenters. The normalized spacial score (nSPS) is 10.7. The van der Waals surface area contributed by atoms with Crippen molar-refractivity contribution in [3.63, 3.8) is 0 Å². The molecule has 2 N–H and O–H groups in total. The number of ether oxygens (including phenoxy) is 1. The maximum atomic E-state index is 12.2. The van der Waals surface area contributed by atoms with Gasteiger partial charge in [-0.2, -0.15) is 5.10 Å². The molecule has 0 bridgehead atoms. The van der Waals surface area contributed by atoms with Crippen LogP contribution in [-0.2, 0) is 4.79 Å². The predicted octanol–water partition coefficient (Wildman–Crippen LogP) is 4.66. The molecular formula is C25H26N6O2. The monoisotopic (exact) mass is 442 g/mol. The van der Waals surface area contributed by atoms with E-state index >= 15 is 0 Å². The topological polar surface area (TPSA) is 94.0 Å². The van der Waals surface area contributed by atoms with Crippen molar-refractivity contribution in [3.8, 4) is 11.6 Å². The van der Waals surface area contributed by atoms with Crippen LogP contribution in [0.4, 0.5) is 17.2 Å². The van der Waals surface area contributed by atoms with Crippen molar-refractivity contribution in [2.75, 3.05) is 17.2 Å². The lowest BCUT2D eigenvalue weighted by atomic mass is 10.2. The molecule has 2 aromatic heterocycles. The first kappa shape index (κ1) is 22.0. The predicted molar refractivity (Wildman–Crippen MR) is 128 cm³/mol. The van der Waals surface area contributed by atoms with Gasteiger partial charge in [0.2, 0.25) is 0 Å². The van der Waals surface area contributed by atoms with Crippen molar-refractivity contribution in [2.24, 2.45) is 0 Å². The summed E-state index contributed by atoms with van der Waals surface area (Å²) in [5.74, 6) is 1.76. The molecule has 0 aliphatic carbocycles. The van der Waals surface area contributed by atoms with Crippen LogP contribution in [0.5, 0.6) is 5.75 Å². The fourth-order valence-electron chi connectivity index (χ4n) is 3.29. The van der Waals surface area contributed by atoms with Crippen molar-refractivity contribution >= 4 is 23.1 Å². The second-order valence-corrected chi connectivity index (χ2v) is 7.79. The fourth-order valence-corrected chi connectivity index (χ4v) is 3.29. The summed E-state index contributed by atoms with van der Waals surface area (Å²) in [5, 5.41) is 19.1. The highest BCUT2D eigenvalue weighted by molar-refractivity contribution is 5.92. The van der Waals surface area contributed by atoms with E-state index in [2.05, 4.69) is 25.9 Å². The van der Waals surface area contributed by atoms with Gasteiger partial charge in [0.05, 0.1) is 5.69 Å². The zero-order valence-corrected chi connectivity index (χ0v) is 19.1. The van der Waals surface area contributed by atoms with Crippen molar-refractivity contribution < 1.29 is 9.53 Å². The van der Waals surface area contributed by atoms with Gasteiger partial charge in [-0.05, 0) is 81.3 Å². The quantitative estimate of drug-likeness (QED) is 0.432. The number of rotatable bonds is 7. The summed E-state index contributed by atoms with van der Waals surface area (Å²) in [6.45, 7) is 7.92. The van der Waals surface area contributed by atoms with Gasteiger partial charge >= 0.3 is 0 Å². The third-order valence-electron chi connectivity index (χ3n) is 5.41. The maximum Gasteiger partial charge on any atom is 0.262 e. The summed E-state index contributed by atoms with van der Waals surface area (Å²) in [4.78, 5) is 12.2. The molecule has 8 nitrogen and oxygen atoms in total. The van der Waals surface area contributed by atoms with Crippen molar-refractivity contribution in [3.05, 3.63) is 83.2 Å². The van der Waals surface area contributed by atoms with E-state index < -0.39 is 0 Å². The van der Waals surface area contributed by atoms with Crippen molar-refractivity contribution in [1.29, 1.82) is 0 Å². The molecule has 0 fully saturated rings. The highest BCUT2D eigenvalue weighted by atomic mass is 16.5. The van der Waals surface area contributed by atoms with Crippen molar-refractivity contribution in [2.45, 2.75) is 27.7 Å². The Labute approximate surface area is 192 Å². The Kier molecular flexibility index (Phi) is 6.35. The number of hydrogen-bond donors (Lipinski definition) is 2. The molecule has 2 aromatic carbocycles. The Morgan fingerprint density at radius 3 is 2.27 bits per heavy atom. The van der Waals surface area contributed by atoms with Crippen LogP contribution in [0, 0.1) is 27.7 Å². The molecule has 0 spiro atoms. The molecular weight excluding hydrogens is 416 g/mol. The number of aromatic nitrogens is 4. The Balaban J connectivity index is 1.33. The number of hydrogen-bond acceptors (Lipinski definition) is 6. The summed E-state index contributed by atoms with van der Waals surface area (Å²) in [7, 11) is 0. The van der Waals surface area contributed by atoms with E-state index in [0.29, 0.717) is 23.1 Å². The zero-order chi connectivity index (χ0) is 23.4. The molecule has 2 heterocycles. The minimum Gasteiger partial charge on any atom is -0.483 e. The van der Waals surface area contributed by atoms with Crippen LogP contribution in [0.3, 0.4) is 0 Å². The summed E-state index contributed by atoms with van der Waals surface area (Å²) >= 11 is 0. The van der Waals surface area contributed by atoms with Gasteiger partial charge in [-0.15, -0.1) is 10.2 Å². The van der Waals surface area contributed by atoms with E-state index in [-0.39, 0.29) is 12.5 Å². The number of para-hydroxylation sites is 1. The SMILES string of the molecule is Cc1ccccc1OCC(=O)Nc1ccc(Nc2ccc(-n3nc(C)c(C)c3C)nn2)cc1. The Morgan fingerprint density at radius 2 is 1.64 bits per heavy atom. The molecule has 33 heavy (non-hydrogen) atoms. The third-order valence-corrected chi connectivity index (χ3v) is 5.41. The van der Waals surface area contributed by atoms with Gasteiger partial charge in [-0.1, -0.05) is 18.2 Å². The van der Waals surface area contributed by atoms with Gasteiger partial charge in [0, 0.05) is 17.1 Å². The molecule has 0 saturated carbocycles. The summed E-state index contributed by atoms with van der Waals surface area (Å²) in [5.41, 5.74) is 5.66. The molecule has 0 aliphatic rings. The number of benzene rings is 2. The fraction of sp³-hybridized carbons (Fsp3) is 0.200. The van der Waals surface area contributed by atoms with Crippen LogP contribution in [-0.4, -0.2) is 32.5 Å².